The Morgan fingerprint density at radius 2 is 2.00 bits per heavy atom. The summed E-state index contributed by atoms with van der Waals surface area (Å²) in [4.78, 5) is 25.7. The number of hydrogen-bond donors (Lipinski definition) is 0. The standard InChI is InChI=1S/C13H21NO4/c1-9-6-7-11(18-9)12(15)14-8-4-3-5-10(14)13(16)17-2/h9-11H,3-8H2,1-2H3. The monoisotopic (exact) mass is 255 g/mol. The molecule has 18 heavy (non-hydrogen) atoms. The van der Waals surface area contributed by atoms with Gasteiger partial charge in [-0.3, -0.25) is 4.79 Å². The fraction of sp³-hybridized carbons (Fsp3) is 0.846. The highest BCUT2D eigenvalue weighted by molar-refractivity contribution is 5.87. The maximum atomic E-state index is 12.4. The van der Waals surface area contributed by atoms with Crippen molar-refractivity contribution < 1.29 is 19.1 Å². The van der Waals surface area contributed by atoms with Crippen molar-refractivity contribution in [3.8, 4) is 0 Å². The second-order valence-corrected chi connectivity index (χ2v) is 5.08. The lowest BCUT2D eigenvalue weighted by molar-refractivity contribution is -0.159. The lowest BCUT2D eigenvalue weighted by Gasteiger charge is -2.35. The van der Waals surface area contributed by atoms with E-state index in [1.54, 1.807) is 4.90 Å². The van der Waals surface area contributed by atoms with E-state index in [0.717, 1.165) is 25.7 Å². The smallest absolute Gasteiger partial charge is 0.328 e. The van der Waals surface area contributed by atoms with Gasteiger partial charge in [0, 0.05) is 6.54 Å². The fourth-order valence-corrected chi connectivity index (χ4v) is 2.75. The summed E-state index contributed by atoms with van der Waals surface area (Å²) in [5.74, 6) is -0.358. The summed E-state index contributed by atoms with van der Waals surface area (Å²) in [5.41, 5.74) is 0. The average Bonchev–Trinajstić information content (AvgIpc) is 2.83. The third-order valence-electron chi connectivity index (χ3n) is 3.77. The van der Waals surface area contributed by atoms with Crippen molar-refractivity contribution in [1.29, 1.82) is 0 Å². The first kappa shape index (κ1) is 13.3. The van der Waals surface area contributed by atoms with Gasteiger partial charge in [0.05, 0.1) is 13.2 Å². The number of hydrogen-bond acceptors (Lipinski definition) is 4. The largest absolute Gasteiger partial charge is 0.467 e. The molecule has 5 heteroatoms. The molecular weight excluding hydrogens is 234 g/mol. The van der Waals surface area contributed by atoms with Crippen LogP contribution < -0.4 is 0 Å². The van der Waals surface area contributed by atoms with Crippen LogP contribution in [0.4, 0.5) is 0 Å². The highest BCUT2D eigenvalue weighted by Gasteiger charge is 2.38. The highest BCUT2D eigenvalue weighted by Crippen LogP contribution is 2.25. The predicted octanol–water partition coefficient (Wildman–Crippen LogP) is 1.11. The molecule has 102 valence electrons. The van der Waals surface area contributed by atoms with Gasteiger partial charge in [-0.1, -0.05) is 0 Å². The minimum Gasteiger partial charge on any atom is -0.467 e. The average molecular weight is 255 g/mol. The van der Waals surface area contributed by atoms with E-state index in [1.165, 1.54) is 7.11 Å². The molecule has 2 fully saturated rings. The van der Waals surface area contributed by atoms with Gasteiger partial charge >= 0.3 is 5.97 Å². The molecule has 0 saturated carbocycles. The number of amides is 1. The van der Waals surface area contributed by atoms with Crippen LogP contribution >= 0.6 is 0 Å². The number of methoxy groups -OCH3 is 1. The first-order valence-electron chi connectivity index (χ1n) is 6.67. The Labute approximate surface area is 107 Å². The van der Waals surface area contributed by atoms with Crippen molar-refractivity contribution in [3.05, 3.63) is 0 Å². The summed E-state index contributed by atoms with van der Waals surface area (Å²) in [6.45, 7) is 2.61. The van der Waals surface area contributed by atoms with Gasteiger partial charge in [-0.25, -0.2) is 4.79 Å². The van der Waals surface area contributed by atoms with Crippen LogP contribution in [0, 0.1) is 0 Å². The zero-order valence-electron chi connectivity index (χ0n) is 11.1. The highest BCUT2D eigenvalue weighted by atomic mass is 16.5. The Kier molecular flexibility index (Phi) is 4.22. The number of piperidine rings is 1. The molecule has 3 atom stereocenters. The van der Waals surface area contributed by atoms with Crippen LogP contribution in [0.3, 0.4) is 0 Å². The predicted molar refractivity (Wildman–Crippen MR) is 64.9 cm³/mol. The number of carbonyl (C=O) groups excluding carboxylic acids is 2. The van der Waals surface area contributed by atoms with Gasteiger partial charge in [0.25, 0.3) is 5.91 Å². The topological polar surface area (TPSA) is 55.8 Å². The van der Waals surface area contributed by atoms with Crippen LogP contribution in [-0.4, -0.2) is 48.7 Å². The number of nitrogens with zero attached hydrogens (tertiary/aromatic N) is 1. The van der Waals surface area contributed by atoms with Crippen LogP contribution in [0.5, 0.6) is 0 Å². The molecule has 0 spiro atoms. The molecule has 0 aromatic rings. The summed E-state index contributed by atoms with van der Waals surface area (Å²) >= 11 is 0. The van der Waals surface area contributed by atoms with Crippen LogP contribution in [0.15, 0.2) is 0 Å². The molecule has 1 amide bonds. The third kappa shape index (κ3) is 2.66. The molecule has 2 aliphatic rings. The van der Waals surface area contributed by atoms with Gasteiger partial charge < -0.3 is 14.4 Å². The van der Waals surface area contributed by atoms with Gasteiger partial charge in [0.2, 0.25) is 0 Å². The van der Waals surface area contributed by atoms with E-state index in [0.29, 0.717) is 13.0 Å². The van der Waals surface area contributed by atoms with Gasteiger partial charge in [-0.2, -0.15) is 0 Å². The Morgan fingerprint density at radius 3 is 2.61 bits per heavy atom. The number of esters is 1. The van der Waals surface area contributed by atoms with Crippen molar-refractivity contribution in [2.24, 2.45) is 0 Å². The van der Waals surface area contributed by atoms with Gasteiger partial charge in [-0.05, 0) is 39.0 Å². The molecule has 0 N–H and O–H groups in total. The second kappa shape index (κ2) is 5.69. The molecule has 3 unspecified atom stereocenters. The van der Waals surface area contributed by atoms with E-state index >= 15 is 0 Å². The summed E-state index contributed by atoms with van der Waals surface area (Å²) in [6, 6.07) is -0.421. The molecule has 5 nitrogen and oxygen atoms in total. The van der Waals surface area contributed by atoms with Crippen LogP contribution in [0.1, 0.15) is 39.0 Å². The maximum absolute atomic E-state index is 12.4. The minimum absolute atomic E-state index is 0.0468. The minimum atomic E-state index is -0.421. The summed E-state index contributed by atoms with van der Waals surface area (Å²) in [7, 11) is 1.37. The SMILES string of the molecule is COC(=O)C1CCCCN1C(=O)C1CCC(C)O1. The van der Waals surface area contributed by atoms with E-state index in [4.69, 9.17) is 9.47 Å². The van der Waals surface area contributed by atoms with Crippen LogP contribution in [0.25, 0.3) is 0 Å². The summed E-state index contributed by atoms with van der Waals surface area (Å²) < 4.78 is 10.4. The van der Waals surface area contributed by atoms with Crippen LogP contribution in [0.2, 0.25) is 0 Å². The Bertz CT molecular complexity index is 331. The fourth-order valence-electron chi connectivity index (χ4n) is 2.75. The van der Waals surface area contributed by atoms with Crippen molar-refractivity contribution >= 4 is 11.9 Å². The zero-order valence-corrected chi connectivity index (χ0v) is 11.1. The quantitative estimate of drug-likeness (QED) is 0.694. The number of likely N-dealkylation sites (tertiary alicyclic amines) is 1. The van der Waals surface area contributed by atoms with Crippen molar-refractivity contribution in [1.82, 2.24) is 4.90 Å². The van der Waals surface area contributed by atoms with Gasteiger partial charge in [-0.15, -0.1) is 0 Å². The Morgan fingerprint density at radius 1 is 1.22 bits per heavy atom. The first-order chi connectivity index (χ1) is 8.63. The summed E-state index contributed by atoms with van der Waals surface area (Å²) in [5, 5.41) is 0. The molecule has 0 aromatic heterocycles. The van der Waals surface area contributed by atoms with Gasteiger partial charge in [0.1, 0.15) is 12.1 Å². The van der Waals surface area contributed by atoms with E-state index in [2.05, 4.69) is 0 Å². The maximum Gasteiger partial charge on any atom is 0.328 e. The molecule has 2 rings (SSSR count). The van der Waals surface area contributed by atoms with Gasteiger partial charge in [0.15, 0.2) is 0 Å². The van der Waals surface area contributed by atoms with E-state index < -0.39 is 6.04 Å². The second-order valence-electron chi connectivity index (χ2n) is 5.08. The molecule has 2 aliphatic heterocycles. The molecule has 0 radical (unpaired) electrons. The molecular formula is C13H21NO4. The number of rotatable bonds is 2. The van der Waals surface area contributed by atoms with E-state index in [-0.39, 0.29) is 24.1 Å². The third-order valence-corrected chi connectivity index (χ3v) is 3.77. The first-order valence-corrected chi connectivity index (χ1v) is 6.67. The molecule has 0 aromatic carbocycles. The summed E-state index contributed by atoms with van der Waals surface area (Å²) in [6.07, 6.45) is 4.04. The molecule has 2 saturated heterocycles. The molecule has 0 bridgehead atoms. The lowest BCUT2D eigenvalue weighted by Crippen LogP contribution is -2.51. The van der Waals surface area contributed by atoms with Crippen molar-refractivity contribution in [2.45, 2.75) is 57.3 Å². The lowest BCUT2D eigenvalue weighted by atomic mass is 10.0. The van der Waals surface area contributed by atoms with Crippen molar-refractivity contribution in [2.75, 3.05) is 13.7 Å². The van der Waals surface area contributed by atoms with Crippen LogP contribution in [-0.2, 0) is 19.1 Å². The van der Waals surface area contributed by atoms with E-state index in [9.17, 15) is 9.59 Å². The Hall–Kier alpha value is -1.10. The molecule has 2 heterocycles. The van der Waals surface area contributed by atoms with E-state index in [1.807, 2.05) is 6.92 Å². The normalized spacial score (nSPS) is 32.3. The zero-order chi connectivity index (χ0) is 13.1. The number of carbonyl (C=O) groups is 2. The Balaban J connectivity index is 2.04. The number of ether oxygens (including phenoxy) is 2. The van der Waals surface area contributed by atoms with Crippen molar-refractivity contribution in [3.63, 3.8) is 0 Å². The molecule has 0 aliphatic carbocycles.